The highest BCUT2D eigenvalue weighted by Gasteiger charge is 1.98. The Hall–Kier alpha value is -1.49. The molecule has 1 aromatic heterocycles. The standard InChI is InChI=1S/C7H6N4S/c12-10-9-11-5-8-6-3-1-2-4-7(6)11/h1-5H,(H,9,12). The summed E-state index contributed by atoms with van der Waals surface area (Å²) in [5, 5.41) is 0. The monoisotopic (exact) mass is 178 g/mol. The van der Waals surface area contributed by atoms with Crippen LogP contribution in [0.15, 0.2) is 35.1 Å². The molecule has 0 amide bonds. The second-order valence-corrected chi connectivity index (χ2v) is 2.48. The Morgan fingerprint density at radius 1 is 1.42 bits per heavy atom. The largest absolute Gasteiger partial charge is 0.235 e. The van der Waals surface area contributed by atoms with Crippen molar-refractivity contribution < 1.29 is 0 Å². The quantitative estimate of drug-likeness (QED) is 0.703. The third-order valence-corrected chi connectivity index (χ3v) is 1.68. The molecule has 0 fully saturated rings. The first-order chi connectivity index (χ1) is 5.92. The number of hydrogen-bond acceptors (Lipinski definition) is 3. The Balaban J connectivity index is 2.62. The molecule has 1 heterocycles. The van der Waals surface area contributed by atoms with Crippen LogP contribution in [0.1, 0.15) is 0 Å². The van der Waals surface area contributed by atoms with Crippen LogP contribution < -0.4 is 5.53 Å². The lowest BCUT2D eigenvalue weighted by atomic mass is 10.3. The predicted octanol–water partition coefficient (Wildman–Crippen LogP) is 1.23. The van der Waals surface area contributed by atoms with Crippen molar-refractivity contribution in [3.63, 3.8) is 0 Å². The number of benzene rings is 1. The maximum atomic E-state index is 4.43. The highest BCUT2D eigenvalue weighted by Crippen LogP contribution is 2.09. The number of fused-ring (bicyclic) bond motifs is 1. The van der Waals surface area contributed by atoms with E-state index in [2.05, 4.69) is 27.4 Å². The number of nitrogens with one attached hydrogen (secondary N) is 1. The Kier molecular flexibility index (Phi) is 1.71. The SMILES string of the molecule is S=NNn1cnc2ccccc21. The van der Waals surface area contributed by atoms with Gasteiger partial charge in [-0.15, -0.1) is 0 Å². The van der Waals surface area contributed by atoms with Crippen LogP contribution in [-0.4, -0.2) is 9.66 Å². The summed E-state index contributed by atoms with van der Waals surface area (Å²) in [4.78, 5) is 4.13. The zero-order chi connectivity index (χ0) is 8.39. The first-order valence-corrected chi connectivity index (χ1v) is 3.79. The highest BCUT2D eigenvalue weighted by molar-refractivity contribution is 7.47. The van der Waals surface area contributed by atoms with E-state index in [0.717, 1.165) is 11.0 Å². The van der Waals surface area contributed by atoms with E-state index < -0.39 is 0 Å². The summed E-state index contributed by atoms with van der Waals surface area (Å²) < 4.78 is 5.05. The van der Waals surface area contributed by atoms with E-state index in [1.807, 2.05) is 24.3 Å². The van der Waals surface area contributed by atoms with Crippen molar-refractivity contribution >= 4 is 23.5 Å². The van der Waals surface area contributed by atoms with Gasteiger partial charge < -0.3 is 0 Å². The van der Waals surface area contributed by atoms with E-state index in [1.165, 1.54) is 0 Å². The molecule has 60 valence electrons. The predicted molar refractivity (Wildman–Crippen MR) is 48.9 cm³/mol. The Labute approximate surface area is 74.3 Å². The lowest BCUT2D eigenvalue weighted by Crippen LogP contribution is -2.04. The third kappa shape index (κ3) is 1.04. The van der Waals surface area contributed by atoms with Crippen molar-refractivity contribution in [3.8, 4) is 0 Å². The van der Waals surface area contributed by atoms with Crippen LogP contribution in [0.25, 0.3) is 11.0 Å². The minimum Gasteiger partial charge on any atom is -0.235 e. The minimum absolute atomic E-state index is 0.920. The van der Waals surface area contributed by atoms with Gasteiger partial charge in [-0.1, -0.05) is 16.6 Å². The van der Waals surface area contributed by atoms with Gasteiger partial charge in [0, 0.05) is 0 Å². The number of para-hydroxylation sites is 2. The maximum Gasteiger partial charge on any atom is 0.117 e. The number of rotatable bonds is 2. The van der Waals surface area contributed by atoms with Crippen LogP contribution in [0, 0.1) is 0 Å². The maximum absolute atomic E-state index is 4.43. The van der Waals surface area contributed by atoms with E-state index in [4.69, 9.17) is 0 Å². The molecule has 0 aliphatic heterocycles. The lowest BCUT2D eigenvalue weighted by molar-refractivity contribution is 0.918. The van der Waals surface area contributed by atoms with Crippen LogP contribution in [0.3, 0.4) is 0 Å². The van der Waals surface area contributed by atoms with Crippen molar-refractivity contribution in [3.05, 3.63) is 30.6 Å². The van der Waals surface area contributed by atoms with Gasteiger partial charge in [0.2, 0.25) is 0 Å². The fraction of sp³-hybridized carbons (Fsp3) is 0. The third-order valence-electron chi connectivity index (χ3n) is 1.60. The fourth-order valence-corrected chi connectivity index (χ4v) is 1.17. The van der Waals surface area contributed by atoms with Crippen LogP contribution in [-0.2, 0) is 12.4 Å². The molecular weight excluding hydrogens is 172 g/mol. The Bertz CT molecular complexity index is 408. The van der Waals surface area contributed by atoms with Gasteiger partial charge in [-0.05, 0) is 12.1 Å². The van der Waals surface area contributed by atoms with Crippen molar-refractivity contribution in [1.82, 2.24) is 9.66 Å². The van der Waals surface area contributed by atoms with Gasteiger partial charge in [0.1, 0.15) is 6.33 Å². The molecule has 0 atom stereocenters. The van der Waals surface area contributed by atoms with Gasteiger partial charge in [0.05, 0.1) is 23.5 Å². The molecule has 0 aliphatic carbocycles. The molecule has 1 aromatic carbocycles. The van der Waals surface area contributed by atoms with Gasteiger partial charge in [-0.3, -0.25) is 0 Å². The molecule has 0 radical (unpaired) electrons. The van der Waals surface area contributed by atoms with Crippen LogP contribution in [0.4, 0.5) is 0 Å². The molecule has 1 N–H and O–H groups in total. The van der Waals surface area contributed by atoms with E-state index in [9.17, 15) is 0 Å². The van der Waals surface area contributed by atoms with E-state index in [0.29, 0.717) is 0 Å². The molecule has 0 saturated heterocycles. The molecule has 0 bridgehead atoms. The number of hydrogen-bond donors (Lipinski definition) is 1. The van der Waals surface area contributed by atoms with Gasteiger partial charge in [-0.2, -0.15) is 0 Å². The summed E-state index contributed by atoms with van der Waals surface area (Å²) >= 11 is 4.43. The van der Waals surface area contributed by atoms with Crippen LogP contribution in [0.5, 0.6) is 0 Å². The van der Waals surface area contributed by atoms with E-state index in [-0.39, 0.29) is 0 Å². The first kappa shape index (κ1) is 7.17. The van der Waals surface area contributed by atoms with Gasteiger partial charge >= 0.3 is 0 Å². The summed E-state index contributed by atoms with van der Waals surface area (Å²) in [6.07, 6.45) is 1.64. The molecular formula is C7H6N4S. The van der Waals surface area contributed by atoms with E-state index >= 15 is 0 Å². The molecule has 2 aromatic rings. The smallest absolute Gasteiger partial charge is 0.117 e. The molecule has 0 spiro atoms. The summed E-state index contributed by atoms with van der Waals surface area (Å²) in [7, 11) is 0. The zero-order valence-corrected chi connectivity index (χ0v) is 6.95. The normalized spacial score (nSPS) is 10.0. The van der Waals surface area contributed by atoms with Gasteiger partial charge in [-0.25, -0.2) is 15.2 Å². The zero-order valence-electron chi connectivity index (χ0n) is 6.14. The average molecular weight is 178 g/mol. The highest BCUT2D eigenvalue weighted by atomic mass is 32.1. The molecule has 4 nitrogen and oxygen atoms in total. The number of nitrogens with zero attached hydrogens (tertiary/aromatic N) is 3. The van der Waals surface area contributed by atoms with Gasteiger partial charge in [0.15, 0.2) is 0 Å². The second kappa shape index (κ2) is 2.86. The van der Waals surface area contributed by atoms with Gasteiger partial charge in [0.25, 0.3) is 0 Å². The summed E-state index contributed by atoms with van der Waals surface area (Å²) in [5.74, 6) is 0. The minimum atomic E-state index is 0.920. The summed E-state index contributed by atoms with van der Waals surface area (Å²) in [5.41, 5.74) is 4.51. The molecule has 0 unspecified atom stereocenters. The molecule has 12 heavy (non-hydrogen) atoms. The number of aromatic nitrogens is 2. The van der Waals surface area contributed by atoms with Crippen molar-refractivity contribution in [1.29, 1.82) is 0 Å². The molecule has 0 aliphatic rings. The van der Waals surface area contributed by atoms with Crippen molar-refractivity contribution in [2.75, 3.05) is 5.53 Å². The van der Waals surface area contributed by atoms with Crippen LogP contribution in [0.2, 0.25) is 0 Å². The Morgan fingerprint density at radius 2 is 2.25 bits per heavy atom. The average Bonchev–Trinajstić information content (AvgIpc) is 2.50. The molecule has 5 heteroatoms. The van der Waals surface area contributed by atoms with Crippen molar-refractivity contribution in [2.45, 2.75) is 0 Å². The number of imidazole rings is 1. The summed E-state index contributed by atoms with van der Waals surface area (Å²) in [6, 6.07) is 7.74. The van der Waals surface area contributed by atoms with Crippen LogP contribution >= 0.6 is 0 Å². The topological polar surface area (TPSA) is 42.2 Å². The lowest BCUT2D eigenvalue weighted by Gasteiger charge is -1.98. The fourth-order valence-electron chi connectivity index (χ4n) is 1.08. The van der Waals surface area contributed by atoms with Crippen molar-refractivity contribution in [2.24, 2.45) is 4.47 Å². The molecule has 0 saturated carbocycles. The molecule has 2 rings (SSSR count). The summed E-state index contributed by atoms with van der Waals surface area (Å²) in [6.45, 7) is 0. The Morgan fingerprint density at radius 3 is 3.08 bits per heavy atom. The van der Waals surface area contributed by atoms with E-state index in [1.54, 1.807) is 11.0 Å². The first-order valence-electron chi connectivity index (χ1n) is 3.42. The second-order valence-electron chi connectivity index (χ2n) is 2.29.